The molecule has 24 heavy (non-hydrogen) atoms. The zero-order chi connectivity index (χ0) is 17.3. The van der Waals surface area contributed by atoms with E-state index in [1.54, 1.807) is 19.1 Å². The Hall–Kier alpha value is -2.17. The van der Waals surface area contributed by atoms with Crippen molar-refractivity contribution in [3.8, 4) is 10.9 Å². The van der Waals surface area contributed by atoms with E-state index in [9.17, 15) is 9.82 Å². The minimum atomic E-state index is -1.12. The van der Waals surface area contributed by atoms with Crippen LogP contribution in [0.25, 0.3) is 0 Å². The highest BCUT2D eigenvalue weighted by Gasteiger charge is 2.38. The van der Waals surface area contributed by atoms with Crippen LogP contribution >= 0.6 is 11.3 Å². The van der Waals surface area contributed by atoms with Gasteiger partial charge in [-0.3, -0.25) is 4.79 Å². The number of nitrogen functional groups attached to an aromatic ring is 1. The predicted molar refractivity (Wildman–Crippen MR) is 88.3 cm³/mol. The molecule has 3 rings (SSSR count). The Morgan fingerprint density at radius 3 is 2.96 bits per heavy atom. The molecule has 0 saturated heterocycles. The van der Waals surface area contributed by atoms with Gasteiger partial charge < -0.3 is 24.9 Å². The first-order valence-corrected chi connectivity index (χ1v) is 8.20. The van der Waals surface area contributed by atoms with Crippen molar-refractivity contribution < 1.29 is 23.9 Å². The molecule has 0 aliphatic carbocycles. The van der Waals surface area contributed by atoms with E-state index >= 15 is 0 Å². The number of hydrogen-bond donors (Lipinski definition) is 2. The first-order chi connectivity index (χ1) is 11.5. The predicted octanol–water partition coefficient (Wildman–Crippen LogP) is 0.933. The molecule has 3 N–H and O–H groups in total. The van der Waals surface area contributed by atoms with E-state index in [-0.39, 0.29) is 12.4 Å². The average molecular weight is 349 g/mol. The summed E-state index contributed by atoms with van der Waals surface area (Å²) in [7, 11) is -1.12. The number of nitrogens with zero attached hydrogens (tertiary/aromatic N) is 2. The molecule has 1 aliphatic rings. The quantitative estimate of drug-likeness (QED) is 0.605. The number of anilines is 1. The van der Waals surface area contributed by atoms with Crippen molar-refractivity contribution in [2.75, 3.05) is 12.3 Å². The number of carbonyl (C=O) groups excluding carboxylic acids is 1. The molecule has 8 nitrogen and oxygen atoms in total. The van der Waals surface area contributed by atoms with Crippen molar-refractivity contribution in [2.45, 2.75) is 26.4 Å². The molecule has 1 unspecified atom stereocenters. The smallest absolute Gasteiger partial charge is 0.466 e. The van der Waals surface area contributed by atoms with Gasteiger partial charge in [-0.05, 0) is 53.9 Å². The highest BCUT2D eigenvalue weighted by atomic mass is 32.1. The van der Waals surface area contributed by atoms with Crippen LogP contribution in [0.4, 0.5) is 5.13 Å². The molecular formula is C14H16BN3O5S. The van der Waals surface area contributed by atoms with Gasteiger partial charge in [-0.25, -0.2) is 0 Å². The summed E-state index contributed by atoms with van der Waals surface area (Å²) in [5.41, 5.74) is 7.71. The maximum atomic E-state index is 11.7. The maximum absolute atomic E-state index is 11.7. The first-order valence-electron chi connectivity index (χ1n) is 7.38. The molecule has 1 aliphatic heterocycles. The highest BCUT2D eigenvalue weighted by molar-refractivity contribution is 7.16. The second-order valence-corrected chi connectivity index (χ2v) is 6.21. The third kappa shape index (κ3) is 3.35. The Kier molecular flexibility index (Phi) is 4.70. The largest absolute Gasteiger partial charge is 0.492 e. The minimum Gasteiger partial charge on any atom is -0.466 e. The Morgan fingerprint density at radius 2 is 2.29 bits per heavy atom. The fraction of sp³-hybridized carbons (Fsp3) is 0.357. The van der Waals surface area contributed by atoms with Crippen molar-refractivity contribution in [2.24, 2.45) is 0 Å². The van der Waals surface area contributed by atoms with Crippen LogP contribution in [0, 0.1) is 6.92 Å². The van der Waals surface area contributed by atoms with Gasteiger partial charge in [0.1, 0.15) is 5.75 Å². The van der Waals surface area contributed by atoms with Crippen molar-refractivity contribution in [3.63, 3.8) is 0 Å². The molecule has 0 spiro atoms. The Bertz CT molecular complexity index is 769. The number of ether oxygens (including phenoxy) is 2. The van der Waals surface area contributed by atoms with E-state index in [1.807, 2.05) is 6.92 Å². The van der Waals surface area contributed by atoms with E-state index in [1.165, 1.54) is 0 Å². The summed E-state index contributed by atoms with van der Waals surface area (Å²) in [6.07, 6.45) is -0.494. The molecule has 1 atom stereocenters. The molecule has 0 fully saturated rings. The Balaban J connectivity index is 1.85. The van der Waals surface area contributed by atoms with E-state index in [2.05, 4.69) is 10.2 Å². The number of benzene rings is 1. The van der Waals surface area contributed by atoms with Crippen molar-refractivity contribution in [3.05, 3.63) is 23.3 Å². The summed E-state index contributed by atoms with van der Waals surface area (Å²) in [5.74, 6) is 0.119. The van der Waals surface area contributed by atoms with E-state index in [0.29, 0.717) is 28.1 Å². The number of aromatic nitrogens is 2. The number of esters is 1. The van der Waals surface area contributed by atoms with Gasteiger partial charge in [-0.1, -0.05) is 5.10 Å². The summed E-state index contributed by atoms with van der Waals surface area (Å²) in [6.45, 7) is 3.91. The number of nitrogens with two attached hydrogens (primary N) is 1. The number of aryl methyl sites for hydroxylation is 1. The minimum absolute atomic E-state index is 0.0475. The van der Waals surface area contributed by atoms with Crippen LogP contribution in [0.5, 0.6) is 10.9 Å². The highest BCUT2D eigenvalue weighted by Crippen LogP contribution is 2.34. The molecule has 2 aromatic rings. The summed E-state index contributed by atoms with van der Waals surface area (Å²) in [4.78, 5) is 11.7. The monoisotopic (exact) mass is 349 g/mol. The lowest BCUT2D eigenvalue weighted by Gasteiger charge is -2.14. The SMILES string of the molecule is CCOC(=O)CC1OB(O)c2cc(Oc3nnc(N)s3)cc(C)c21. The van der Waals surface area contributed by atoms with Crippen molar-refractivity contribution >= 4 is 35.0 Å². The fourth-order valence-corrected chi connectivity index (χ4v) is 3.16. The van der Waals surface area contributed by atoms with Gasteiger partial charge in [0.05, 0.1) is 19.1 Å². The summed E-state index contributed by atoms with van der Waals surface area (Å²) in [6, 6.07) is 3.45. The van der Waals surface area contributed by atoms with Crippen LogP contribution in [0.3, 0.4) is 0 Å². The van der Waals surface area contributed by atoms with Crippen LogP contribution in [0.15, 0.2) is 12.1 Å². The van der Waals surface area contributed by atoms with Crippen molar-refractivity contribution in [1.82, 2.24) is 10.2 Å². The summed E-state index contributed by atoms with van der Waals surface area (Å²) < 4.78 is 16.1. The van der Waals surface area contributed by atoms with Crippen LogP contribution < -0.4 is 15.9 Å². The van der Waals surface area contributed by atoms with Gasteiger partial charge >= 0.3 is 18.3 Å². The van der Waals surface area contributed by atoms with Crippen LogP contribution in [0.2, 0.25) is 0 Å². The molecule has 0 saturated carbocycles. The molecule has 0 radical (unpaired) electrons. The zero-order valence-corrected chi connectivity index (χ0v) is 14.0. The normalized spacial score (nSPS) is 16.1. The third-order valence-electron chi connectivity index (χ3n) is 3.56. The van der Waals surface area contributed by atoms with E-state index in [4.69, 9.17) is 19.9 Å². The molecule has 1 aromatic heterocycles. The molecule has 10 heteroatoms. The second-order valence-electron chi connectivity index (χ2n) is 5.24. The van der Waals surface area contributed by atoms with Gasteiger partial charge in [0.15, 0.2) is 0 Å². The molecule has 0 amide bonds. The lowest BCUT2D eigenvalue weighted by Crippen LogP contribution is -2.28. The summed E-state index contributed by atoms with van der Waals surface area (Å²) >= 11 is 1.12. The topological polar surface area (TPSA) is 117 Å². The van der Waals surface area contributed by atoms with Crippen LogP contribution in [-0.2, 0) is 14.2 Å². The van der Waals surface area contributed by atoms with Gasteiger partial charge in [-0.15, -0.1) is 5.10 Å². The van der Waals surface area contributed by atoms with Crippen LogP contribution in [-0.4, -0.2) is 34.9 Å². The lowest BCUT2D eigenvalue weighted by atomic mass is 9.77. The van der Waals surface area contributed by atoms with E-state index in [0.717, 1.165) is 22.5 Å². The maximum Gasteiger partial charge on any atom is 0.492 e. The average Bonchev–Trinajstić information content (AvgIpc) is 3.04. The van der Waals surface area contributed by atoms with Gasteiger partial charge in [0.2, 0.25) is 5.13 Å². The van der Waals surface area contributed by atoms with E-state index < -0.39 is 13.2 Å². The molecule has 126 valence electrons. The Labute approximate surface area is 142 Å². The fourth-order valence-electron chi connectivity index (χ4n) is 2.68. The molecule has 0 bridgehead atoms. The Morgan fingerprint density at radius 1 is 1.50 bits per heavy atom. The molecule has 1 aromatic carbocycles. The standard InChI is InChI=1S/C14H16BN3O5S/c1-3-21-11(19)6-10-12-7(2)4-8(5-9(12)15(20)23-10)22-14-18-17-13(16)24-14/h4-5,10,20H,3,6H2,1-2H3,(H2,16,17). The van der Waals surface area contributed by atoms with Crippen molar-refractivity contribution in [1.29, 1.82) is 0 Å². The summed E-state index contributed by atoms with van der Waals surface area (Å²) in [5, 5.41) is 18.2. The number of carbonyl (C=O) groups is 1. The molecule has 2 heterocycles. The van der Waals surface area contributed by atoms with Gasteiger partial charge in [0.25, 0.3) is 0 Å². The van der Waals surface area contributed by atoms with Gasteiger partial charge in [0, 0.05) is 0 Å². The second kappa shape index (κ2) is 6.75. The zero-order valence-electron chi connectivity index (χ0n) is 13.2. The molecular weight excluding hydrogens is 333 g/mol. The number of rotatable bonds is 5. The number of hydrogen-bond acceptors (Lipinski definition) is 9. The van der Waals surface area contributed by atoms with Crippen LogP contribution in [0.1, 0.15) is 30.6 Å². The van der Waals surface area contributed by atoms with Gasteiger partial charge in [-0.2, -0.15) is 0 Å². The third-order valence-corrected chi connectivity index (χ3v) is 4.19. The lowest BCUT2D eigenvalue weighted by molar-refractivity contribution is -0.145. The number of fused-ring (bicyclic) bond motifs is 1. The first kappa shape index (κ1) is 16.7.